The van der Waals surface area contributed by atoms with Gasteiger partial charge in [-0.3, -0.25) is 0 Å². The van der Waals surface area contributed by atoms with Crippen LogP contribution in [0.25, 0.3) is 0 Å². The van der Waals surface area contributed by atoms with E-state index in [9.17, 15) is 5.11 Å². The number of aromatic nitrogens is 1. The van der Waals surface area contributed by atoms with Gasteiger partial charge in [0.15, 0.2) is 0 Å². The third kappa shape index (κ3) is 2.29. The molecule has 0 aliphatic carbocycles. The molecule has 2 heterocycles. The molecule has 1 N–H and O–H groups in total. The van der Waals surface area contributed by atoms with Crippen LogP contribution in [0.2, 0.25) is 0 Å². The highest BCUT2D eigenvalue weighted by molar-refractivity contribution is 5.47. The van der Waals surface area contributed by atoms with E-state index in [1.54, 1.807) is 13.1 Å². The van der Waals surface area contributed by atoms with Crippen molar-refractivity contribution in [2.24, 2.45) is 0 Å². The van der Waals surface area contributed by atoms with Crippen LogP contribution in [-0.4, -0.2) is 23.2 Å². The first-order chi connectivity index (χ1) is 7.29. The maximum absolute atomic E-state index is 9.67. The quantitative estimate of drug-likeness (QED) is 0.805. The van der Waals surface area contributed by atoms with Gasteiger partial charge >= 0.3 is 0 Å². The van der Waals surface area contributed by atoms with Crippen LogP contribution in [0.4, 0.5) is 5.82 Å². The molecule has 0 amide bonds. The highest BCUT2D eigenvalue weighted by atomic mass is 16.3. The number of aliphatic hydroxyl groups is 1. The molecule has 15 heavy (non-hydrogen) atoms. The van der Waals surface area contributed by atoms with E-state index in [1.807, 2.05) is 12.1 Å². The summed E-state index contributed by atoms with van der Waals surface area (Å²) in [5.41, 5.74) is 0.944. The van der Waals surface area contributed by atoms with Gasteiger partial charge in [-0.15, -0.1) is 0 Å². The SMILES string of the molecule is C[C@H](O)c1cccnc1N1CCCCC1. The highest BCUT2D eigenvalue weighted by Crippen LogP contribution is 2.25. The van der Waals surface area contributed by atoms with Crippen molar-refractivity contribution in [2.45, 2.75) is 32.3 Å². The fourth-order valence-electron chi connectivity index (χ4n) is 2.11. The molecule has 3 nitrogen and oxygen atoms in total. The molecule has 1 aliphatic heterocycles. The zero-order valence-electron chi connectivity index (χ0n) is 9.19. The van der Waals surface area contributed by atoms with E-state index in [-0.39, 0.29) is 0 Å². The minimum atomic E-state index is -0.435. The lowest BCUT2D eigenvalue weighted by molar-refractivity contribution is 0.199. The van der Waals surface area contributed by atoms with Crippen LogP contribution in [0.1, 0.15) is 37.9 Å². The van der Waals surface area contributed by atoms with Gasteiger partial charge in [0.05, 0.1) is 6.10 Å². The second-order valence-corrected chi connectivity index (χ2v) is 4.14. The van der Waals surface area contributed by atoms with E-state index in [1.165, 1.54) is 19.3 Å². The fraction of sp³-hybridized carbons (Fsp3) is 0.583. The first-order valence-electron chi connectivity index (χ1n) is 5.67. The number of hydrogen-bond acceptors (Lipinski definition) is 3. The Bertz CT molecular complexity index is 319. The van der Waals surface area contributed by atoms with Crippen LogP contribution in [-0.2, 0) is 0 Å². The molecule has 0 spiro atoms. The van der Waals surface area contributed by atoms with Gasteiger partial charge in [0.2, 0.25) is 0 Å². The van der Waals surface area contributed by atoms with Crippen molar-refractivity contribution in [3.05, 3.63) is 23.9 Å². The molecule has 82 valence electrons. The predicted molar refractivity (Wildman–Crippen MR) is 60.9 cm³/mol. The Balaban J connectivity index is 2.25. The van der Waals surface area contributed by atoms with E-state index < -0.39 is 6.10 Å². The zero-order chi connectivity index (χ0) is 10.7. The van der Waals surface area contributed by atoms with Crippen molar-refractivity contribution >= 4 is 5.82 Å². The Morgan fingerprint density at radius 2 is 2.07 bits per heavy atom. The first-order valence-corrected chi connectivity index (χ1v) is 5.67. The number of piperidine rings is 1. The molecule has 0 saturated carbocycles. The number of pyridine rings is 1. The molecule has 0 aromatic carbocycles. The van der Waals surface area contributed by atoms with E-state index in [0.717, 1.165) is 24.5 Å². The summed E-state index contributed by atoms with van der Waals surface area (Å²) in [5.74, 6) is 0.965. The lowest BCUT2D eigenvalue weighted by atomic mass is 10.1. The molecule has 0 unspecified atom stereocenters. The summed E-state index contributed by atoms with van der Waals surface area (Å²) in [5, 5.41) is 9.67. The number of anilines is 1. The fourth-order valence-corrected chi connectivity index (χ4v) is 2.11. The Kier molecular flexibility index (Phi) is 3.21. The topological polar surface area (TPSA) is 36.4 Å². The second kappa shape index (κ2) is 4.62. The number of hydrogen-bond donors (Lipinski definition) is 1. The Morgan fingerprint density at radius 3 is 2.73 bits per heavy atom. The minimum Gasteiger partial charge on any atom is -0.389 e. The van der Waals surface area contributed by atoms with Gasteiger partial charge in [-0.25, -0.2) is 4.98 Å². The maximum atomic E-state index is 9.67. The lowest BCUT2D eigenvalue weighted by Gasteiger charge is -2.29. The van der Waals surface area contributed by atoms with Gasteiger partial charge in [-0.1, -0.05) is 6.07 Å². The Labute approximate surface area is 90.8 Å². The average molecular weight is 206 g/mol. The second-order valence-electron chi connectivity index (χ2n) is 4.14. The van der Waals surface area contributed by atoms with Crippen molar-refractivity contribution in [2.75, 3.05) is 18.0 Å². The third-order valence-electron chi connectivity index (χ3n) is 2.92. The average Bonchev–Trinajstić information content (AvgIpc) is 2.30. The zero-order valence-corrected chi connectivity index (χ0v) is 9.19. The molecular formula is C12H18N2O. The predicted octanol–water partition coefficient (Wildman–Crippen LogP) is 2.13. The Morgan fingerprint density at radius 1 is 1.33 bits per heavy atom. The smallest absolute Gasteiger partial charge is 0.134 e. The summed E-state index contributed by atoms with van der Waals surface area (Å²) in [4.78, 5) is 6.67. The van der Waals surface area contributed by atoms with Crippen LogP contribution >= 0.6 is 0 Å². The molecule has 1 saturated heterocycles. The summed E-state index contributed by atoms with van der Waals surface area (Å²) >= 11 is 0. The van der Waals surface area contributed by atoms with E-state index in [0.29, 0.717) is 0 Å². The number of aliphatic hydroxyl groups excluding tert-OH is 1. The van der Waals surface area contributed by atoms with Gasteiger partial charge in [0, 0.05) is 24.8 Å². The van der Waals surface area contributed by atoms with Crippen LogP contribution < -0.4 is 4.90 Å². The summed E-state index contributed by atoms with van der Waals surface area (Å²) in [7, 11) is 0. The number of rotatable bonds is 2. The molecule has 3 heteroatoms. The molecule has 1 atom stereocenters. The van der Waals surface area contributed by atoms with Crippen LogP contribution in [0, 0.1) is 0 Å². The van der Waals surface area contributed by atoms with Gasteiger partial charge in [-0.2, -0.15) is 0 Å². The van der Waals surface area contributed by atoms with E-state index in [4.69, 9.17) is 0 Å². The largest absolute Gasteiger partial charge is 0.389 e. The number of nitrogens with zero attached hydrogens (tertiary/aromatic N) is 2. The van der Waals surface area contributed by atoms with Crippen LogP contribution in [0.3, 0.4) is 0 Å². The monoisotopic (exact) mass is 206 g/mol. The van der Waals surface area contributed by atoms with E-state index in [2.05, 4.69) is 9.88 Å². The Hall–Kier alpha value is -1.09. The van der Waals surface area contributed by atoms with Gasteiger partial charge in [0.25, 0.3) is 0 Å². The summed E-state index contributed by atoms with van der Waals surface area (Å²) < 4.78 is 0. The van der Waals surface area contributed by atoms with Crippen molar-refractivity contribution in [1.82, 2.24) is 4.98 Å². The summed E-state index contributed by atoms with van der Waals surface area (Å²) in [6, 6.07) is 3.84. The first kappa shape index (κ1) is 10.4. The van der Waals surface area contributed by atoms with E-state index >= 15 is 0 Å². The van der Waals surface area contributed by atoms with Crippen molar-refractivity contribution < 1.29 is 5.11 Å². The molecule has 0 radical (unpaired) electrons. The molecular weight excluding hydrogens is 188 g/mol. The molecule has 1 aromatic rings. The molecule has 2 rings (SSSR count). The minimum absolute atomic E-state index is 0.435. The van der Waals surface area contributed by atoms with Gasteiger partial charge < -0.3 is 10.0 Å². The maximum Gasteiger partial charge on any atom is 0.134 e. The normalized spacial score (nSPS) is 18.9. The van der Waals surface area contributed by atoms with Crippen molar-refractivity contribution in [3.8, 4) is 0 Å². The van der Waals surface area contributed by atoms with Crippen LogP contribution in [0.15, 0.2) is 18.3 Å². The van der Waals surface area contributed by atoms with Gasteiger partial charge in [-0.05, 0) is 32.3 Å². The lowest BCUT2D eigenvalue weighted by Crippen LogP contribution is -2.31. The van der Waals surface area contributed by atoms with Crippen LogP contribution in [0.5, 0.6) is 0 Å². The molecule has 1 aromatic heterocycles. The standard InChI is InChI=1S/C12H18N2O/c1-10(15)11-6-5-7-13-12(11)14-8-3-2-4-9-14/h5-7,10,15H,2-4,8-9H2,1H3/t10-/m0/s1. The molecule has 1 fully saturated rings. The van der Waals surface area contributed by atoms with Crippen molar-refractivity contribution in [3.63, 3.8) is 0 Å². The molecule has 1 aliphatic rings. The highest BCUT2D eigenvalue weighted by Gasteiger charge is 2.17. The molecule has 0 bridgehead atoms. The van der Waals surface area contributed by atoms with Crippen molar-refractivity contribution in [1.29, 1.82) is 0 Å². The van der Waals surface area contributed by atoms with Gasteiger partial charge in [0.1, 0.15) is 5.82 Å². The third-order valence-corrected chi connectivity index (χ3v) is 2.92. The summed E-state index contributed by atoms with van der Waals surface area (Å²) in [6.45, 7) is 3.93. The summed E-state index contributed by atoms with van der Waals surface area (Å²) in [6.07, 6.45) is 5.14.